The van der Waals surface area contributed by atoms with Gasteiger partial charge in [-0.3, -0.25) is 10.1 Å². The van der Waals surface area contributed by atoms with Crippen molar-refractivity contribution >= 4 is 5.69 Å². The van der Waals surface area contributed by atoms with Crippen molar-refractivity contribution in [3.05, 3.63) is 33.9 Å². The van der Waals surface area contributed by atoms with E-state index in [0.29, 0.717) is 5.56 Å². The Balaban J connectivity index is 2.36. The highest BCUT2D eigenvalue weighted by atomic mass is 16.6. The number of hydrogen-bond donors (Lipinski definition) is 2. The van der Waals surface area contributed by atoms with Gasteiger partial charge in [0.05, 0.1) is 4.92 Å². The lowest BCUT2D eigenvalue weighted by atomic mass is 9.97. The van der Waals surface area contributed by atoms with E-state index in [1.807, 2.05) is 0 Å². The Bertz CT molecular complexity index is 374. The monoisotopic (exact) mass is 194 g/mol. The summed E-state index contributed by atoms with van der Waals surface area (Å²) in [5.41, 5.74) is 0.636. The first-order valence-corrected chi connectivity index (χ1v) is 4.39. The van der Waals surface area contributed by atoms with Crippen molar-refractivity contribution in [2.45, 2.75) is 12.5 Å². The Hall–Kier alpha value is -1.62. The number of nitro groups is 1. The summed E-state index contributed by atoms with van der Waals surface area (Å²) >= 11 is 0. The normalized spacial score (nSPS) is 20.1. The van der Waals surface area contributed by atoms with Crippen molar-refractivity contribution in [2.24, 2.45) is 0 Å². The van der Waals surface area contributed by atoms with Crippen LogP contribution in [0.15, 0.2) is 18.2 Å². The van der Waals surface area contributed by atoms with Crippen LogP contribution >= 0.6 is 0 Å². The van der Waals surface area contributed by atoms with Gasteiger partial charge in [0.2, 0.25) is 0 Å². The predicted molar refractivity (Wildman–Crippen MR) is 50.1 cm³/mol. The summed E-state index contributed by atoms with van der Waals surface area (Å²) in [7, 11) is 0. The van der Waals surface area contributed by atoms with E-state index in [9.17, 15) is 15.2 Å². The number of nitrogens with zero attached hydrogens (tertiary/aromatic N) is 1. The molecule has 0 aliphatic carbocycles. The van der Waals surface area contributed by atoms with Crippen molar-refractivity contribution in [3.8, 4) is 5.75 Å². The molecule has 1 heterocycles. The average Bonchev–Trinajstić information content (AvgIpc) is 2.05. The second-order valence-corrected chi connectivity index (χ2v) is 3.30. The number of nitro benzene ring substituents is 1. The second-order valence-electron chi connectivity index (χ2n) is 3.30. The number of aromatic hydroxyl groups is 1. The minimum absolute atomic E-state index is 0.0199. The smallest absolute Gasteiger partial charge is 0.270 e. The van der Waals surface area contributed by atoms with Crippen molar-refractivity contribution in [1.82, 2.24) is 5.32 Å². The molecule has 1 atom stereocenters. The van der Waals surface area contributed by atoms with Gasteiger partial charge in [-0.25, -0.2) is 0 Å². The number of benzene rings is 1. The van der Waals surface area contributed by atoms with Crippen LogP contribution in [0.5, 0.6) is 5.75 Å². The fourth-order valence-corrected chi connectivity index (χ4v) is 1.49. The molecule has 0 aromatic heterocycles. The Kier molecular flexibility index (Phi) is 2.09. The molecule has 0 saturated carbocycles. The van der Waals surface area contributed by atoms with Crippen LogP contribution in [0, 0.1) is 10.1 Å². The van der Waals surface area contributed by atoms with E-state index >= 15 is 0 Å². The minimum Gasteiger partial charge on any atom is -0.508 e. The van der Waals surface area contributed by atoms with E-state index in [-0.39, 0.29) is 17.5 Å². The lowest BCUT2D eigenvalue weighted by molar-refractivity contribution is -0.385. The number of hydrogen-bond acceptors (Lipinski definition) is 4. The van der Waals surface area contributed by atoms with Crippen molar-refractivity contribution < 1.29 is 10.0 Å². The molecule has 5 nitrogen and oxygen atoms in total. The quantitative estimate of drug-likeness (QED) is 0.550. The van der Waals surface area contributed by atoms with Gasteiger partial charge in [0.15, 0.2) is 0 Å². The molecule has 1 unspecified atom stereocenters. The van der Waals surface area contributed by atoms with Crippen LogP contribution in [0.2, 0.25) is 0 Å². The summed E-state index contributed by atoms with van der Waals surface area (Å²) < 4.78 is 0. The zero-order valence-corrected chi connectivity index (χ0v) is 7.43. The topological polar surface area (TPSA) is 75.4 Å². The molecular weight excluding hydrogens is 184 g/mol. The maximum Gasteiger partial charge on any atom is 0.270 e. The molecule has 0 bridgehead atoms. The van der Waals surface area contributed by atoms with E-state index in [2.05, 4.69) is 5.32 Å². The Morgan fingerprint density at radius 3 is 2.79 bits per heavy atom. The Morgan fingerprint density at radius 1 is 1.57 bits per heavy atom. The summed E-state index contributed by atoms with van der Waals surface area (Å²) in [4.78, 5) is 10.0. The lowest BCUT2D eigenvalue weighted by Gasteiger charge is -2.28. The SMILES string of the molecule is O=[N+]([O-])c1ccc(O)c(C2CCN2)c1. The molecule has 5 heteroatoms. The van der Waals surface area contributed by atoms with Crippen LogP contribution in [0.3, 0.4) is 0 Å². The van der Waals surface area contributed by atoms with Gasteiger partial charge in [-0.1, -0.05) is 0 Å². The van der Waals surface area contributed by atoms with Crippen LogP contribution in [-0.2, 0) is 0 Å². The maximum atomic E-state index is 10.5. The molecule has 1 aliphatic rings. The molecule has 2 N–H and O–H groups in total. The molecule has 1 saturated heterocycles. The van der Waals surface area contributed by atoms with Crippen LogP contribution < -0.4 is 5.32 Å². The van der Waals surface area contributed by atoms with Gasteiger partial charge in [-0.2, -0.15) is 0 Å². The molecule has 0 spiro atoms. The first-order valence-electron chi connectivity index (χ1n) is 4.39. The average molecular weight is 194 g/mol. The predicted octanol–water partition coefficient (Wildman–Crippen LogP) is 1.33. The number of nitrogens with one attached hydrogen (secondary N) is 1. The third-order valence-corrected chi connectivity index (χ3v) is 2.42. The third-order valence-electron chi connectivity index (χ3n) is 2.42. The Morgan fingerprint density at radius 2 is 2.29 bits per heavy atom. The van der Waals surface area contributed by atoms with Crippen LogP contribution in [0.1, 0.15) is 18.0 Å². The second kappa shape index (κ2) is 3.26. The third kappa shape index (κ3) is 1.42. The summed E-state index contributed by atoms with van der Waals surface area (Å²) in [6.07, 6.45) is 0.911. The van der Waals surface area contributed by atoms with Crippen molar-refractivity contribution in [2.75, 3.05) is 6.54 Å². The minimum atomic E-state index is -0.457. The molecule has 1 aromatic carbocycles. The van der Waals surface area contributed by atoms with Crippen LogP contribution in [0.25, 0.3) is 0 Å². The number of phenolic OH excluding ortho intramolecular Hbond substituents is 1. The highest BCUT2D eigenvalue weighted by Gasteiger charge is 2.23. The lowest BCUT2D eigenvalue weighted by Crippen LogP contribution is -2.34. The van der Waals surface area contributed by atoms with Gasteiger partial charge in [-0.15, -0.1) is 0 Å². The van der Waals surface area contributed by atoms with E-state index in [1.165, 1.54) is 18.2 Å². The van der Waals surface area contributed by atoms with Gasteiger partial charge < -0.3 is 10.4 Å². The first-order chi connectivity index (χ1) is 6.68. The largest absolute Gasteiger partial charge is 0.508 e. The van der Waals surface area contributed by atoms with Gasteiger partial charge in [0.25, 0.3) is 5.69 Å². The molecule has 1 aliphatic heterocycles. The molecular formula is C9H10N2O3. The summed E-state index contributed by atoms with van der Waals surface area (Å²) in [5.74, 6) is 0.118. The maximum absolute atomic E-state index is 10.5. The van der Waals surface area contributed by atoms with Crippen molar-refractivity contribution in [1.29, 1.82) is 0 Å². The summed E-state index contributed by atoms with van der Waals surface area (Å²) in [6.45, 7) is 0.896. The van der Waals surface area contributed by atoms with E-state index in [0.717, 1.165) is 13.0 Å². The zero-order valence-electron chi connectivity index (χ0n) is 7.43. The number of non-ortho nitro benzene ring substituents is 1. The summed E-state index contributed by atoms with van der Waals surface area (Å²) in [6, 6.07) is 4.16. The summed E-state index contributed by atoms with van der Waals surface area (Å²) in [5, 5.41) is 23.1. The molecule has 14 heavy (non-hydrogen) atoms. The molecule has 0 amide bonds. The van der Waals surface area contributed by atoms with E-state index in [4.69, 9.17) is 0 Å². The van der Waals surface area contributed by atoms with Gasteiger partial charge >= 0.3 is 0 Å². The Labute approximate surface area is 80.5 Å². The van der Waals surface area contributed by atoms with Crippen molar-refractivity contribution in [3.63, 3.8) is 0 Å². The van der Waals surface area contributed by atoms with Crippen LogP contribution in [0.4, 0.5) is 5.69 Å². The van der Waals surface area contributed by atoms with Gasteiger partial charge in [0, 0.05) is 23.7 Å². The fourth-order valence-electron chi connectivity index (χ4n) is 1.49. The molecule has 1 fully saturated rings. The van der Waals surface area contributed by atoms with Crippen LogP contribution in [-0.4, -0.2) is 16.6 Å². The molecule has 74 valence electrons. The van der Waals surface area contributed by atoms with E-state index < -0.39 is 4.92 Å². The molecule has 2 rings (SSSR count). The highest BCUT2D eigenvalue weighted by molar-refractivity contribution is 5.45. The zero-order chi connectivity index (χ0) is 10.1. The molecule has 0 radical (unpaired) electrons. The number of phenols is 1. The van der Waals surface area contributed by atoms with Gasteiger partial charge in [0.1, 0.15) is 5.75 Å². The first kappa shape index (κ1) is 8.96. The molecule has 1 aromatic rings. The van der Waals surface area contributed by atoms with E-state index in [1.54, 1.807) is 0 Å². The number of rotatable bonds is 2. The highest BCUT2D eigenvalue weighted by Crippen LogP contribution is 2.32. The standard InChI is InChI=1S/C9H10N2O3/c12-9-2-1-6(11(13)14)5-7(9)8-3-4-10-8/h1-2,5,8,10,12H,3-4H2. The fraction of sp³-hybridized carbons (Fsp3) is 0.333. The van der Waals surface area contributed by atoms with Gasteiger partial charge in [-0.05, 0) is 19.0 Å².